The average molecular weight is 708 g/mol. The van der Waals surface area contributed by atoms with Crippen LogP contribution in [0.1, 0.15) is 40.8 Å². The van der Waals surface area contributed by atoms with E-state index in [0.29, 0.717) is 70.6 Å². The van der Waals surface area contributed by atoms with Crippen molar-refractivity contribution in [1.82, 2.24) is 10.2 Å². The molecule has 0 saturated carbocycles. The predicted octanol–water partition coefficient (Wildman–Crippen LogP) is 7.51. The van der Waals surface area contributed by atoms with Gasteiger partial charge in [0.1, 0.15) is 25.6 Å². The van der Waals surface area contributed by atoms with Crippen LogP contribution >= 0.6 is 23.1 Å². The van der Waals surface area contributed by atoms with E-state index in [4.69, 9.17) is 18.9 Å². The third-order valence-corrected chi connectivity index (χ3v) is 10.3. The fraction of sp³-hybridized carbons (Fsp3) is 0.211. The normalized spacial score (nSPS) is 16.4. The summed E-state index contributed by atoms with van der Waals surface area (Å²) >= 11 is 2.69. The maximum absolute atomic E-state index is 13.9. The molecule has 0 radical (unpaired) electrons. The summed E-state index contributed by atoms with van der Waals surface area (Å²) in [6.45, 7) is 5.32. The number of aliphatic hydroxyl groups excluding tert-OH is 1. The Morgan fingerprint density at radius 1 is 0.900 bits per heavy atom. The molecule has 0 spiro atoms. The second-order valence-corrected chi connectivity index (χ2v) is 13.7. The quantitative estimate of drug-likeness (QED) is 0.0486. The second kappa shape index (κ2) is 14.7. The Bertz CT molecular complexity index is 2060. The van der Waals surface area contributed by atoms with Crippen molar-refractivity contribution < 1.29 is 33.6 Å². The van der Waals surface area contributed by atoms with E-state index in [1.165, 1.54) is 33.6 Å². The summed E-state index contributed by atoms with van der Waals surface area (Å²) < 4.78 is 24.1. The van der Waals surface area contributed by atoms with Crippen LogP contribution in [0.4, 0.5) is 5.13 Å². The maximum atomic E-state index is 13.9. The highest BCUT2D eigenvalue weighted by atomic mass is 32.2. The van der Waals surface area contributed by atoms with Gasteiger partial charge in [-0.15, -0.1) is 10.2 Å². The molecule has 50 heavy (non-hydrogen) atoms. The van der Waals surface area contributed by atoms with Crippen molar-refractivity contribution in [2.75, 3.05) is 24.7 Å². The number of aromatic nitrogens is 2. The molecule has 0 unspecified atom stereocenters. The first kappa shape index (κ1) is 33.2. The second-order valence-electron chi connectivity index (χ2n) is 11.6. The summed E-state index contributed by atoms with van der Waals surface area (Å²) in [5.41, 5.74) is 4.00. The Balaban J connectivity index is 1.28. The Kier molecular flexibility index (Phi) is 9.72. The smallest absolute Gasteiger partial charge is 0.301 e. The number of hydrogen-bond donors (Lipinski definition) is 1. The minimum atomic E-state index is -1.05. The zero-order chi connectivity index (χ0) is 34.6. The molecular formula is C38H33N3O7S2. The highest BCUT2D eigenvalue weighted by Gasteiger charge is 2.48. The topological polar surface area (TPSA) is 120 Å². The molecule has 1 fully saturated rings. The molecule has 2 aliphatic heterocycles. The Morgan fingerprint density at radius 3 is 2.46 bits per heavy atom. The number of amides is 1. The lowest BCUT2D eigenvalue weighted by molar-refractivity contribution is -0.132. The number of thioether (sulfide) groups is 1. The van der Waals surface area contributed by atoms with Crippen molar-refractivity contribution in [3.8, 4) is 23.0 Å². The summed E-state index contributed by atoms with van der Waals surface area (Å²) in [5, 5.41) is 20.7. The average Bonchev–Trinajstić information content (AvgIpc) is 3.72. The molecular weight excluding hydrogens is 675 g/mol. The lowest BCUT2D eigenvalue weighted by Crippen LogP contribution is -2.29. The van der Waals surface area contributed by atoms with Crippen LogP contribution in [0.25, 0.3) is 5.76 Å². The van der Waals surface area contributed by atoms with Crippen molar-refractivity contribution in [3.05, 3.63) is 124 Å². The van der Waals surface area contributed by atoms with Gasteiger partial charge in [0, 0.05) is 11.3 Å². The van der Waals surface area contributed by atoms with Gasteiger partial charge in [0.25, 0.3) is 5.78 Å². The monoisotopic (exact) mass is 707 g/mol. The van der Waals surface area contributed by atoms with Gasteiger partial charge in [-0.1, -0.05) is 89.3 Å². The molecule has 1 N–H and O–H groups in total. The van der Waals surface area contributed by atoms with E-state index in [-0.39, 0.29) is 16.5 Å². The summed E-state index contributed by atoms with van der Waals surface area (Å²) in [4.78, 5) is 29.1. The van der Waals surface area contributed by atoms with Crippen LogP contribution in [-0.4, -0.2) is 46.8 Å². The molecule has 4 aromatic carbocycles. The van der Waals surface area contributed by atoms with Gasteiger partial charge in [-0.2, -0.15) is 0 Å². The minimum Gasteiger partial charge on any atom is -0.507 e. The van der Waals surface area contributed by atoms with E-state index in [1.807, 2.05) is 44.2 Å². The maximum Gasteiger partial charge on any atom is 0.301 e. The van der Waals surface area contributed by atoms with E-state index >= 15 is 0 Å². The number of carbonyl (C=O) groups is 2. The molecule has 12 heteroatoms. The van der Waals surface area contributed by atoms with Crippen LogP contribution in [-0.2, 0) is 21.9 Å². The molecule has 5 aromatic rings. The number of anilines is 1. The van der Waals surface area contributed by atoms with E-state index < -0.39 is 17.7 Å². The molecule has 10 nitrogen and oxygen atoms in total. The van der Waals surface area contributed by atoms with E-state index in [2.05, 4.69) is 34.5 Å². The molecule has 7 rings (SSSR count). The number of Topliss-reactive ketones (excluding diaryl/α,β-unsaturated/α-hetero) is 1. The molecule has 0 aliphatic carbocycles. The summed E-state index contributed by atoms with van der Waals surface area (Å²) in [6, 6.07) is 27.1. The van der Waals surface area contributed by atoms with Gasteiger partial charge in [0.05, 0.1) is 18.2 Å². The van der Waals surface area contributed by atoms with E-state index in [0.717, 1.165) is 11.1 Å². The lowest BCUT2D eigenvalue weighted by atomic mass is 9.95. The lowest BCUT2D eigenvalue weighted by Gasteiger charge is -2.24. The van der Waals surface area contributed by atoms with Gasteiger partial charge in [0.2, 0.25) is 5.13 Å². The van der Waals surface area contributed by atoms with Gasteiger partial charge in [-0.05, 0) is 60.9 Å². The van der Waals surface area contributed by atoms with Crippen molar-refractivity contribution >= 4 is 45.7 Å². The number of benzene rings is 4. The van der Waals surface area contributed by atoms with Crippen LogP contribution in [0.5, 0.6) is 23.0 Å². The van der Waals surface area contributed by atoms with Crippen LogP contribution in [0.15, 0.2) is 101 Å². The fourth-order valence-electron chi connectivity index (χ4n) is 5.70. The largest absolute Gasteiger partial charge is 0.507 e. The van der Waals surface area contributed by atoms with Gasteiger partial charge < -0.3 is 24.1 Å². The zero-order valence-electron chi connectivity index (χ0n) is 27.3. The predicted molar refractivity (Wildman–Crippen MR) is 191 cm³/mol. The number of rotatable bonds is 11. The third-order valence-electron chi connectivity index (χ3n) is 8.17. The number of carbonyl (C=O) groups excluding carboxylic acids is 2. The summed E-state index contributed by atoms with van der Waals surface area (Å²) in [5.74, 6) is 0.506. The van der Waals surface area contributed by atoms with Crippen LogP contribution in [0, 0.1) is 6.92 Å². The standard InChI is InChI=1S/C38H33N3O7S2/c1-3-45-30-19-26(13-15-29(30)48-21-24-7-5-4-6-8-24)33-32(34(42)27-14-16-28-31(20-27)47-18-17-46-28)35(43)36(44)41(33)37-39-40-38(50-37)49-22-25-11-9-23(2)10-12-25/h4-16,19-20,33,42H,3,17-18,21-22H2,1-2H3/t33-/m1/s1. The van der Waals surface area contributed by atoms with E-state index in [1.54, 1.807) is 36.4 Å². The van der Waals surface area contributed by atoms with Crippen LogP contribution < -0.4 is 23.8 Å². The Hall–Kier alpha value is -5.33. The van der Waals surface area contributed by atoms with Gasteiger partial charge in [0.15, 0.2) is 27.3 Å². The third kappa shape index (κ3) is 6.89. The number of ether oxygens (including phenoxy) is 4. The highest BCUT2D eigenvalue weighted by molar-refractivity contribution is 8.00. The number of hydrogen-bond acceptors (Lipinski definition) is 11. The summed E-state index contributed by atoms with van der Waals surface area (Å²) in [6.07, 6.45) is 0. The molecule has 1 saturated heterocycles. The molecule has 3 heterocycles. The molecule has 254 valence electrons. The number of aryl methyl sites for hydroxylation is 1. The molecule has 1 aromatic heterocycles. The van der Waals surface area contributed by atoms with E-state index in [9.17, 15) is 14.7 Å². The summed E-state index contributed by atoms with van der Waals surface area (Å²) in [7, 11) is 0. The minimum absolute atomic E-state index is 0.101. The first-order chi connectivity index (χ1) is 24.4. The van der Waals surface area contributed by atoms with Crippen molar-refractivity contribution in [3.63, 3.8) is 0 Å². The molecule has 1 amide bonds. The highest BCUT2D eigenvalue weighted by Crippen LogP contribution is 2.46. The van der Waals surface area contributed by atoms with Gasteiger partial charge in [-0.25, -0.2) is 0 Å². The van der Waals surface area contributed by atoms with Crippen LogP contribution in [0.2, 0.25) is 0 Å². The fourth-order valence-corrected chi connectivity index (χ4v) is 7.52. The van der Waals surface area contributed by atoms with Crippen molar-refractivity contribution in [2.45, 2.75) is 36.6 Å². The zero-order valence-corrected chi connectivity index (χ0v) is 29.0. The Morgan fingerprint density at radius 2 is 1.68 bits per heavy atom. The van der Waals surface area contributed by atoms with Gasteiger partial charge in [-0.3, -0.25) is 14.5 Å². The SMILES string of the molecule is CCOc1cc([C@@H]2C(=C(O)c3ccc4c(c3)OCCO4)C(=O)C(=O)N2c2nnc(SCc3ccc(C)cc3)s2)ccc1OCc1ccccc1. The first-order valence-corrected chi connectivity index (χ1v) is 17.9. The number of ketones is 1. The van der Waals surface area contributed by atoms with Crippen LogP contribution in [0.3, 0.4) is 0 Å². The first-order valence-electron chi connectivity index (χ1n) is 16.1. The Labute approximate surface area is 297 Å². The van der Waals surface area contributed by atoms with Gasteiger partial charge >= 0.3 is 5.91 Å². The van der Waals surface area contributed by atoms with Crippen molar-refractivity contribution in [1.29, 1.82) is 0 Å². The number of aliphatic hydroxyl groups is 1. The van der Waals surface area contributed by atoms with Crippen molar-refractivity contribution in [2.24, 2.45) is 0 Å². The number of nitrogens with zero attached hydrogens (tertiary/aromatic N) is 3. The molecule has 0 bridgehead atoms. The molecule has 1 atom stereocenters. The number of fused-ring (bicyclic) bond motifs is 1. The molecule has 2 aliphatic rings.